The summed E-state index contributed by atoms with van der Waals surface area (Å²) in [6.07, 6.45) is 4.48. The Balaban J connectivity index is 4.35. The number of carbonyl (C=O) groups is 2. The predicted molar refractivity (Wildman–Crippen MR) is 84.3 cm³/mol. The number of carbonyl (C=O) groups excluding carboxylic acids is 1. The smallest absolute Gasteiger partial charge is 0.314 e. The number of hydrogen-bond donors (Lipinski definition) is 3. The Labute approximate surface area is 126 Å². The predicted octanol–water partition coefficient (Wildman–Crippen LogP) is 2.71. The van der Waals surface area contributed by atoms with E-state index in [2.05, 4.69) is 24.5 Å². The number of aliphatic carboxylic acids is 1. The van der Waals surface area contributed by atoms with Gasteiger partial charge in [-0.2, -0.15) is 11.8 Å². The van der Waals surface area contributed by atoms with Gasteiger partial charge in [0.25, 0.3) is 0 Å². The Hall–Kier alpha value is -0.910. The minimum absolute atomic E-state index is 0.0538. The van der Waals surface area contributed by atoms with E-state index in [9.17, 15) is 9.59 Å². The van der Waals surface area contributed by atoms with Crippen molar-refractivity contribution in [1.82, 2.24) is 10.6 Å². The van der Waals surface area contributed by atoms with Crippen LogP contribution in [0.15, 0.2) is 0 Å². The van der Waals surface area contributed by atoms with Crippen LogP contribution < -0.4 is 10.6 Å². The summed E-state index contributed by atoms with van der Waals surface area (Å²) in [4.78, 5) is 22.9. The molecule has 0 heterocycles. The maximum atomic E-state index is 11.8. The first kappa shape index (κ1) is 19.1. The van der Waals surface area contributed by atoms with Crippen molar-refractivity contribution in [2.45, 2.75) is 51.7 Å². The van der Waals surface area contributed by atoms with Gasteiger partial charge >= 0.3 is 12.0 Å². The van der Waals surface area contributed by atoms with Crippen LogP contribution in [0, 0.1) is 5.41 Å². The third kappa shape index (κ3) is 5.23. The maximum absolute atomic E-state index is 11.8. The SMILES string of the molecule is CCC(CC)(CNC(=O)NCC(C)(CC)C(=O)O)SC. The van der Waals surface area contributed by atoms with Gasteiger partial charge in [-0.05, 0) is 32.4 Å². The molecule has 0 rings (SSSR count). The first-order chi connectivity index (χ1) is 9.29. The van der Waals surface area contributed by atoms with E-state index in [0.29, 0.717) is 13.0 Å². The number of amides is 2. The van der Waals surface area contributed by atoms with Gasteiger partial charge < -0.3 is 15.7 Å². The lowest BCUT2D eigenvalue weighted by Crippen LogP contribution is -2.48. The molecule has 0 aliphatic rings. The van der Waals surface area contributed by atoms with Gasteiger partial charge in [-0.3, -0.25) is 4.79 Å². The molecule has 0 saturated heterocycles. The van der Waals surface area contributed by atoms with Crippen LogP contribution in [0.4, 0.5) is 4.79 Å². The number of urea groups is 1. The lowest BCUT2D eigenvalue weighted by Gasteiger charge is -2.30. The van der Waals surface area contributed by atoms with Gasteiger partial charge in [-0.15, -0.1) is 0 Å². The van der Waals surface area contributed by atoms with Crippen molar-refractivity contribution in [3.05, 3.63) is 0 Å². The highest BCUT2D eigenvalue weighted by atomic mass is 32.2. The van der Waals surface area contributed by atoms with Gasteiger partial charge in [-0.25, -0.2) is 4.79 Å². The highest BCUT2D eigenvalue weighted by Crippen LogP contribution is 2.29. The van der Waals surface area contributed by atoms with E-state index in [-0.39, 0.29) is 17.3 Å². The van der Waals surface area contributed by atoms with Crippen LogP contribution in [0.1, 0.15) is 47.0 Å². The van der Waals surface area contributed by atoms with E-state index < -0.39 is 11.4 Å². The fraction of sp³-hybridized carbons (Fsp3) is 0.857. The van der Waals surface area contributed by atoms with Crippen molar-refractivity contribution in [3.63, 3.8) is 0 Å². The molecule has 20 heavy (non-hydrogen) atoms. The zero-order chi connectivity index (χ0) is 15.8. The van der Waals surface area contributed by atoms with Crippen molar-refractivity contribution in [1.29, 1.82) is 0 Å². The Morgan fingerprint density at radius 3 is 1.90 bits per heavy atom. The summed E-state index contributed by atoms with van der Waals surface area (Å²) in [5.74, 6) is -0.888. The number of rotatable bonds is 9. The molecule has 0 fully saturated rings. The molecule has 0 saturated carbocycles. The van der Waals surface area contributed by atoms with Crippen molar-refractivity contribution < 1.29 is 14.7 Å². The molecule has 0 radical (unpaired) electrons. The zero-order valence-electron chi connectivity index (χ0n) is 13.2. The number of hydrogen-bond acceptors (Lipinski definition) is 3. The van der Waals surface area contributed by atoms with E-state index in [1.807, 2.05) is 6.26 Å². The van der Waals surface area contributed by atoms with E-state index in [1.54, 1.807) is 25.6 Å². The van der Waals surface area contributed by atoms with Crippen LogP contribution in [0.5, 0.6) is 0 Å². The van der Waals surface area contributed by atoms with Crippen LogP contribution >= 0.6 is 11.8 Å². The van der Waals surface area contributed by atoms with Crippen molar-refractivity contribution in [2.24, 2.45) is 5.41 Å². The third-order valence-corrected chi connectivity index (χ3v) is 5.82. The van der Waals surface area contributed by atoms with Gasteiger partial charge in [0.2, 0.25) is 0 Å². The van der Waals surface area contributed by atoms with E-state index >= 15 is 0 Å². The molecule has 1 atom stereocenters. The summed E-state index contributed by atoms with van der Waals surface area (Å²) in [6, 6.07) is -0.300. The molecule has 0 bridgehead atoms. The second-order valence-corrected chi connectivity index (χ2v) is 6.62. The Morgan fingerprint density at radius 2 is 1.55 bits per heavy atom. The molecular weight excluding hydrogens is 276 g/mol. The Morgan fingerprint density at radius 1 is 1.05 bits per heavy atom. The molecule has 1 unspecified atom stereocenters. The molecule has 2 amide bonds. The van der Waals surface area contributed by atoms with E-state index in [4.69, 9.17) is 5.11 Å². The highest BCUT2D eigenvalue weighted by Gasteiger charge is 2.32. The van der Waals surface area contributed by atoms with E-state index in [1.165, 1.54) is 0 Å². The number of thioether (sulfide) groups is 1. The fourth-order valence-corrected chi connectivity index (χ4v) is 2.59. The largest absolute Gasteiger partial charge is 0.481 e. The first-order valence-electron chi connectivity index (χ1n) is 7.09. The molecule has 5 nitrogen and oxygen atoms in total. The van der Waals surface area contributed by atoms with Gasteiger partial charge in [0.15, 0.2) is 0 Å². The molecular formula is C14H28N2O3S. The van der Waals surface area contributed by atoms with Crippen molar-refractivity contribution in [3.8, 4) is 0 Å². The number of carboxylic acid groups (broad SMARTS) is 1. The summed E-state index contributed by atoms with van der Waals surface area (Å²) in [5, 5.41) is 14.7. The molecule has 0 aromatic rings. The van der Waals surface area contributed by atoms with Crippen molar-refractivity contribution >= 4 is 23.8 Å². The summed E-state index contributed by atoms with van der Waals surface area (Å²) in [6.45, 7) is 8.38. The van der Waals surface area contributed by atoms with Gasteiger partial charge in [0.05, 0.1) is 5.41 Å². The monoisotopic (exact) mass is 304 g/mol. The average Bonchev–Trinajstić information content (AvgIpc) is 2.46. The molecule has 0 aliphatic heterocycles. The fourth-order valence-electron chi connectivity index (χ4n) is 1.79. The lowest BCUT2D eigenvalue weighted by molar-refractivity contribution is -0.147. The third-order valence-electron chi connectivity index (χ3n) is 4.23. The highest BCUT2D eigenvalue weighted by molar-refractivity contribution is 8.00. The second-order valence-electron chi connectivity index (χ2n) is 5.35. The normalized spacial score (nSPS) is 14.4. The Kier molecular flexibility index (Phi) is 8.01. The van der Waals surface area contributed by atoms with Crippen LogP contribution in [-0.2, 0) is 4.79 Å². The molecule has 0 spiro atoms. The van der Waals surface area contributed by atoms with Gasteiger partial charge in [-0.1, -0.05) is 20.8 Å². The van der Waals surface area contributed by atoms with Crippen LogP contribution in [-0.4, -0.2) is 41.2 Å². The molecule has 0 aliphatic carbocycles. The lowest BCUT2D eigenvalue weighted by atomic mass is 9.88. The summed E-state index contributed by atoms with van der Waals surface area (Å²) >= 11 is 1.76. The van der Waals surface area contributed by atoms with Crippen molar-refractivity contribution in [2.75, 3.05) is 19.3 Å². The maximum Gasteiger partial charge on any atom is 0.314 e. The standard InChI is InChI=1S/C14H28N2O3S/c1-6-13(4,11(17)18)9-15-12(19)16-10-14(7-2,8-3)20-5/h6-10H2,1-5H3,(H,17,18)(H2,15,16,19). The summed E-state index contributed by atoms with van der Waals surface area (Å²) in [7, 11) is 0. The molecule has 0 aromatic carbocycles. The average molecular weight is 304 g/mol. The quantitative estimate of drug-likeness (QED) is 0.612. The minimum atomic E-state index is -0.913. The van der Waals surface area contributed by atoms with Gasteiger partial charge in [0.1, 0.15) is 0 Å². The van der Waals surface area contributed by atoms with Crippen LogP contribution in [0.2, 0.25) is 0 Å². The molecule has 0 aromatic heterocycles. The molecule has 6 heteroatoms. The summed E-state index contributed by atoms with van der Waals surface area (Å²) < 4.78 is 0.0538. The van der Waals surface area contributed by atoms with Gasteiger partial charge in [0, 0.05) is 17.8 Å². The first-order valence-corrected chi connectivity index (χ1v) is 8.32. The second kappa shape index (κ2) is 8.39. The molecule has 3 N–H and O–H groups in total. The van der Waals surface area contributed by atoms with Crippen LogP contribution in [0.25, 0.3) is 0 Å². The minimum Gasteiger partial charge on any atom is -0.481 e. The Bertz CT molecular complexity index is 324. The summed E-state index contributed by atoms with van der Waals surface area (Å²) in [5.41, 5.74) is -0.913. The van der Waals surface area contributed by atoms with Crippen LogP contribution in [0.3, 0.4) is 0 Å². The molecule has 118 valence electrons. The topological polar surface area (TPSA) is 78.4 Å². The number of carboxylic acids is 1. The zero-order valence-corrected chi connectivity index (χ0v) is 14.0. The van der Waals surface area contributed by atoms with E-state index in [0.717, 1.165) is 12.8 Å². The number of nitrogens with one attached hydrogen (secondary N) is 2.